The molecule has 0 aromatic heterocycles. The van der Waals surface area contributed by atoms with Crippen molar-refractivity contribution in [3.05, 3.63) is 77.4 Å². The van der Waals surface area contributed by atoms with Gasteiger partial charge < -0.3 is 0 Å². The molecule has 1 aliphatic heterocycles. The summed E-state index contributed by atoms with van der Waals surface area (Å²) in [7, 11) is 0. The minimum atomic E-state index is 0.0350. The van der Waals surface area contributed by atoms with Crippen molar-refractivity contribution in [1.29, 1.82) is 0 Å². The van der Waals surface area contributed by atoms with Gasteiger partial charge in [0.15, 0.2) is 0 Å². The van der Waals surface area contributed by atoms with E-state index >= 15 is 0 Å². The fourth-order valence-electron chi connectivity index (χ4n) is 2.81. The fourth-order valence-corrected chi connectivity index (χ4v) is 5.05. The molecule has 0 saturated carbocycles. The summed E-state index contributed by atoms with van der Waals surface area (Å²) < 4.78 is 13.8. The predicted molar refractivity (Wildman–Crippen MR) is 103 cm³/mol. The van der Waals surface area contributed by atoms with Gasteiger partial charge in [-0.05, 0) is 0 Å². The maximum absolute atomic E-state index is 5.58. The molecule has 0 aliphatic carbocycles. The number of allylic oxidation sites excluding steroid dienone is 1. The second-order valence-corrected chi connectivity index (χ2v) is 9.33. The van der Waals surface area contributed by atoms with E-state index in [0.717, 1.165) is 30.2 Å². The summed E-state index contributed by atoms with van der Waals surface area (Å²) in [6, 6.07) is 16.8. The standard InChI is InChI=1S/C22H25INO2/c1-3-17(13-20(23-4-2)18-9-6-5-7-10-18)14-24-15-19-11-8-12-21-22(19)26-16-25-21/h3,5-13,24H,4,14-16H2,1-2H3/q-1/b17-3+,20-13-. The molecule has 3 nitrogen and oxygen atoms in total. The molecule has 0 radical (unpaired) electrons. The zero-order valence-electron chi connectivity index (χ0n) is 15.3. The molecule has 1 N–H and O–H groups in total. The number of halogens is 1. The molecule has 0 bridgehead atoms. The number of hydrogen-bond acceptors (Lipinski definition) is 3. The minimum absolute atomic E-state index is 0.0350. The second kappa shape index (κ2) is 9.78. The van der Waals surface area contributed by atoms with Crippen molar-refractivity contribution in [3.8, 4) is 11.5 Å². The maximum atomic E-state index is 5.58. The quantitative estimate of drug-likeness (QED) is 0.368. The van der Waals surface area contributed by atoms with Crippen LogP contribution in [0.15, 0.2) is 66.3 Å². The monoisotopic (exact) mass is 462 g/mol. The van der Waals surface area contributed by atoms with Crippen LogP contribution in [0, 0.1) is 0 Å². The summed E-state index contributed by atoms with van der Waals surface area (Å²) in [5.74, 6) is 1.72. The summed E-state index contributed by atoms with van der Waals surface area (Å²) in [6.45, 7) is 6.30. The third-order valence-electron chi connectivity index (χ3n) is 4.13. The summed E-state index contributed by atoms with van der Waals surface area (Å²) in [5.41, 5.74) is 3.82. The summed E-state index contributed by atoms with van der Waals surface area (Å²) in [4.78, 5) is 0. The molecule has 0 saturated heterocycles. The SMILES string of the molecule is C/C=C(\C=C(/[I-]CC)c1ccccc1)CNCc1cccc2c1OCO2. The Hall–Kier alpha value is -1.79. The average Bonchev–Trinajstić information content (AvgIpc) is 3.17. The number of nitrogens with one attached hydrogen (secondary N) is 1. The Morgan fingerprint density at radius 2 is 1.96 bits per heavy atom. The van der Waals surface area contributed by atoms with E-state index in [9.17, 15) is 0 Å². The van der Waals surface area contributed by atoms with Crippen LogP contribution in [0.2, 0.25) is 0 Å². The van der Waals surface area contributed by atoms with Gasteiger partial charge in [0.1, 0.15) is 0 Å². The molecule has 4 heteroatoms. The first kappa shape index (κ1) is 19.0. The van der Waals surface area contributed by atoms with Gasteiger partial charge in [0.2, 0.25) is 0 Å². The van der Waals surface area contributed by atoms with Crippen LogP contribution >= 0.6 is 0 Å². The third kappa shape index (κ3) is 4.89. The van der Waals surface area contributed by atoms with Gasteiger partial charge in [0.05, 0.1) is 0 Å². The number of ether oxygens (including phenoxy) is 2. The number of para-hydroxylation sites is 1. The van der Waals surface area contributed by atoms with Gasteiger partial charge >= 0.3 is 167 Å². The Bertz CT molecular complexity index is 784. The molecule has 0 spiro atoms. The average molecular weight is 462 g/mol. The molecule has 26 heavy (non-hydrogen) atoms. The van der Waals surface area contributed by atoms with Gasteiger partial charge in [0, 0.05) is 0 Å². The molecule has 0 unspecified atom stereocenters. The molecular formula is C22H25INO2-. The molecular weight excluding hydrogens is 437 g/mol. The van der Waals surface area contributed by atoms with E-state index in [-0.39, 0.29) is 21.2 Å². The zero-order chi connectivity index (χ0) is 18.2. The van der Waals surface area contributed by atoms with Gasteiger partial charge in [-0.1, -0.05) is 0 Å². The Kier molecular flexibility index (Phi) is 7.14. The predicted octanol–water partition coefficient (Wildman–Crippen LogP) is 1.60. The Labute approximate surface area is 166 Å². The molecule has 0 fully saturated rings. The molecule has 0 amide bonds. The van der Waals surface area contributed by atoms with Crippen LogP contribution in [0.25, 0.3) is 3.58 Å². The molecule has 2 aromatic carbocycles. The van der Waals surface area contributed by atoms with Crippen LogP contribution in [0.4, 0.5) is 0 Å². The van der Waals surface area contributed by atoms with Gasteiger partial charge in [-0.2, -0.15) is 0 Å². The topological polar surface area (TPSA) is 30.5 Å². The Morgan fingerprint density at radius 1 is 1.12 bits per heavy atom. The zero-order valence-corrected chi connectivity index (χ0v) is 17.5. The van der Waals surface area contributed by atoms with Crippen LogP contribution in [0.3, 0.4) is 0 Å². The van der Waals surface area contributed by atoms with Crippen molar-refractivity contribution in [2.24, 2.45) is 0 Å². The van der Waals surface area contributed by atoms with Gasteiger partial charge in [0.25, 0.3) is 0 Å². The molecule has 1 aliphatic rings. The van der Waals surface area contributed by atoms with Gasteiger partial charge in [-0.25, -0.2) is 0 Å². The van der Waals surface area contributed by atoms with E-state index in [4.69, 9.17) is 9.47 Å². The van der Waals surface area contributed by atoms with E-state index in [1.165, 1.54) is 19.1 Å². The molecule has 0 atom stereocenters. The number of rotatable bonds is 8. The van der Waals surface area contributed by atoms with Gasteiger partial charge in [-0.15, -0.1) is 0 Å². The Morgan fingerprint density at radius 3 is 2.73 bits per heavy atom. The molecule has 138 valence electrons. The Balaban J connectivity index is 1.65. The van der Waals surface area contributed by atoms with Crippen molar-refractivity contribution in [1.82, 2.24) is 5.32 Å². The molecule has 1 heterocycles. The van der Waals surface area contributed by atoms with E-state index in [2.05, 4.69) is 67.7 Å². The number of benzene rings is 2. The fraction of sp³-hybridized carbons (Fsp3) is 0.273. The van der Waals surface area contributed by atoms with Crippen LogP contribution in [-0.2, 0) is 6.54 Å². The molecule has 2 aromatic rings. The number of alkyl halides is 1. The normalized spacial score (nSPS) is 14.1. The summed E-state index contributed by atoms with van der Waals surface area (Å²) in [5, 5.41) is 3.55. The molecule has 3 rings (SSSR count). The summed E-state index contributed by atoms with van der Waals surface area (Å²) in [6.07, 6.45) is 4.57. The first-order chi connectivity index (χ1) is 12.8. The van der Waals surface area contributed by atoms with Crippen molar-refractivity contribution in [2.75, 3.05) is 17.8 Å². The van der Waals surface area contributed by atoms with E-state index in [0.29, 0.717) is 6.79 Å². The first-order valence-electron chi connectivity index (χ1n) is 8.91. The van der Waals surface area contributed by atoms with E-state index in [1.54, 1.807) is 0 Å². The second-order valence-electron chi connectivity index (χ2n) is 5.88. The van der Waals surface area contributed by atoms with Crippen molar-refractivity contribution < 1.29 is 30.7 Å². The van der Waals surface area contributed by atoms with Crippen LogP contribution in [0.1, 0.15) is 25.0 Å². The van der Waals surface area contributed by atoms with Crippen LogP contribution in [-0.4, -0.2) is 17.8 Å². The van der Waals surface area contributed by atoms with Crippen molar-refractivity contribution in [3.63, 3.8) is 0 Å². The van der Waals surface area contributed by atoms with E-state index < -0.39 is 0 Å². The van der Waals surface area contributed by atoms with Crippen LogP contribution < -0.4 is 36.0 Å². The van der Waals surface area contributed by atoms with Crippen LogP contribution in [0.5, 0.6) is 11.5 Å². The van der Waals surface area contributed by atoms with Gasteiger partial charge in [-0.3, -0.25) is 0 Å². The summed E-state index contributed by atoms with van der Waals surface area (Å²) >= 11 is 0.0350. The number of hydrogen-bond donors (Lipinski definition) is 1. The first-order valence-corrected chi connectivity index (χ1v) is 11.5. The van der Waals surface area contributed by atoms with E-state index in [1.807, 2.05) is 12.1 Å². The number of fused-ring (bicyclic) bond motifs is 1. The van der Waals surface area contributed by atoms with Crippen molar-refractivity contribution >= 4 is 3.58 Å². The van der Waals surface area contributed by atoms with Crippen molar-refractivity contribution in [2.45, 2.75) is 20.4 Å². The third-order valence-corrected chi connectivity index (χ3v) is 6.65.